The maximum atomic E-state index is 11.9. The van der Waals surface area contributed by atoms with Gasteiger partial charge in [0.1, 0.15) is 5.15 Å². The third-order valence-electron chi connectivity index (χ3n) is 3.55. The highest BCUT2D eigenvalue weighted by Gasteiger charge is 2.21. The lowest BCUT2D eigenvalue weighted by molar-refractivity contribution is 0.310. The molecule has 0 saturated carbocycles. The molecule has 1 aromatic heterocycles. The number of aryl methyl sites for hydroxylation is 1. The molecule has 0 unspecified atom stereocenters. The molecule has 1 aliphatic rings. The Labute approximate surface area is 127 Å². The van der Waals surface area contributed by atoms with Crippen LogP contribution in [0.1, 0.15) is 12.5 Å². The number of methoxy groups -OCH3 is 1. The smallest absolute Gasteiger partial charge is 0.349 e. The highest BCUT2D eigenvalue weighted by Crippen LogP contribution is 2.38. The van der Waals surface area contributed by atoms with E-state index in [9.17, 15) is 4.79 Å². The van der Waals surface area contributed by atoms with Gasteiger partial charge in [-0.2, -0.15) is 4.98 Å². The number of ether oxygens (including phenoxy) is 2. The molecule has 0 bridgehead atoms. The highest BCUT2D eigenvalue weighted by atomic mass is 35.5. The number of aromatic nitrogens is 2. The molecule has 3 rings (SSSR count). The number of benzene rings is 1. The summed E-state index contributed by atoms with van der Waals surface area (Å²) >= 11 is 5.92. The van der Waals surface area contributed by atoms with Gasteiger partial charge in [-0.1, -0.05) is 11.6 Å². The fourth-order valence-electron chi connectivity index (χ4n) is 2.62. The highest BCUT2D eigenvalue weighted by molar-refractivity contribution is 6.29. The van der Waals surface area contributed by atoms with Crippen LogP contribution in [0.3, 0.4) is 0 Å². The number of nitrogens with zero attached hydrogens (tertiary/aromatic N) is 2. The van der Waals surface area contributed by atoms with E-state index in [1.54, 1.807) is 17.7 Å². The van der Waals surface area contributed by atoms with Gasteiger partial charge in [-0.15, -0.1) is 0 Å². The van der Waals surface area contributed by atoms with Crippen LogP contribution in [0, 0.1) is 0 Å². The number of halogens is 1. The first-order valence-corrected chi connectivity index (χ1v) is 7.13. The van der Waals surface area contributed by atoms with Crippen LogP contribution in [0.2, 0.25) is 5.15 Å². The largest absolute Gasteiger partial charge is 0.493 e. The van der Waals surface area contributed by atoms with Crippen LogP contribution in [-0.2, 0) is 13.0 Å². The Hall–Kier alpha value is -2.01. The van der Waals surface area contributed by atoms with Crippen molar-refractivity contribution in [3.63, 3.8) is 0 Å². The molecule has 5 nitrogen and oxygen atoms in total. The van der Waals surface area contributed by atoms with Gasteiger partial charge in [0.25, 0.3) is 0 Å². The van der Waals surface area contributed by atoms with Crippen molar-refractivity contribution < 1.29 is 9.47 Å². The second-order valence-corrected chi connectivity index (χ2v) is 5.13. The lowest BCUT2D eigenvalue weighted by atomic mass is 9.97. The number of rotatable bonds is 3. The predicted molar refractivity (Wildman–Crippen MR) is 80.4 cm³/mol. The van der Waals surface area contributed by atoms with E-state index >= 15 is 0 Å². The van der Waals surface area contributed by atoms with Crippen molar-refractivity contribution in [3.8, 4) is 22.8 Å². The van der Waals surface area contributed by atoms with Crippen molar-refractivity contribution in [2.45, 2.75) is 19.9 Å². The summed E-state index contributed by atoms with van der Waals surface area (Å²) in [5.41, 5.74) is 2.49. The van der Waals surface area contributed by atoms with Crippen molar-refractivity contribution in [2.24, 2.45) is 0 Å². The topological polar surface area (TPSA) is 53.4 Å². The maximum Gasteiger partial charge on any atom is 0.349 e. The van der Waals surface area contributed by atoms with Crippen molar-refractivity contribution in [1.82, 2.24) is 9.55 Å². The van der Waals surface area contributed by atoms with E-state index in [0.29, 0.717) is 18.9 Å². The standard InChI is InChI=1S/C15H15ClN2O3/c1-3-21-13-6-9-4-5-18-11(8-14(16)17-15(18)19)10(9)7-12(13)20-2/h6-8H,3-5H2,1-2H3. The van der Waals surface area contributed by atoms with Crippen LogP contribution in [0.15, 0.2) is 23.0 Å². The van der Waals surface area contributed by atoms with Gasteiger partial charge in [0.15, 0.2) is 11.5 Å². The quantitative estimate of drug-likeness (QED) is 0.818. The summed E-state index contributed by atoms with van der Waals surface area (Å²) in [7, 11) is 1.60. The number of fused-ring (bicyclic) bond motifs is 3. The first-order chi connectivity index (χ1) is 10.1. The summed E-state index contributed by atoms with van der Waals surface area (Å²) in [6.45, 7) is 3.09. The molecule has 0 saturated heterocycles. The Kier molecular flexibility index (Phi) is 3.59. The molecule has 0 spiro atoms. The molecule has 110 valence electrons. The predicted octanol–water partition coefficient (Wildman–Crippen LogP) is 2.53. The van der Waals surface area contributed by atoms with Gasteiger partial charge in [-0.25, -0.2) is 4.79 Å². The molecular formula is C15H15ClN2O3. The van der Waals surface area contributed by atoms with E-state index in [1.807, 2.05) is 19.1 Å². The van der Waals surface area contributed by atoms with E-state index in [1.165, 1.54) is 0 Å². The summed E-state index contributed by atoms with van der Waals surface area (Å²) in [4.78, 5) is 15.7. The lowest BCUT2D eigenvalue weighted by Crippen LogP contribution is -2.28. The summed E-state index contributed by atoms with van der Waals surface area (Å²) in [6.07, 6.45) is 0.746. The number of hydrogen-bond acceptors (Lipinski definition) is 4. The first-order valence-electron chi connectivity index (χ1n) is 6.75. The second kappa shape index (κ2) is 5.41. The molecule has 0 fully saturated rings. The molecule has 1 aliphatic heterocycles. The normalized spacial score (nSPS) is 12.5. The molecule has 0 radical (unpaired) electrons. The van der Waals surface area contributed by atoms with E-state index in [2.05, 4.69) is 4.98 Å². The molecule has 6 heteroatoms. The van der Waals surface area contributed by atoms with Gasteiger partial charge in [0.05, 0.1) is 19.4 Å². The third-order valence-corrected chi connectivity index (χ3v) is 3.74. The second-order valence-electron chi connectivity index (χ2n) is 4.74. The van der Waals surface area contributed by atoms with Gasteiger partial charge in [0.2, 0.25) is 0 Å². The van der Waals surface area contributed by atoms with Crippen molar-refractivity contribution in [1.29, 1.82) is 0 Å². The summed E-state index contributed by atoms with van der Waals surface area (Å²) in [5.74, 6) is 1.36. The zero-order valence-corrected chi connectivity index (χ0v) is 12.6. The Morgan fingerprint density at radius 1 is 1.33 bits per heavy atom. The Bertz CT molecular complexity index is 755. The SMILES string of the molecule is CCOc1cc2c(cc1OC)-c1cc(Cl)nc(=O)n1CC2. The van der Waals surface area contributed by atoms with Gasteiger partial charge < -0.3 is 9.47 Å². The van der Waals surface area contributed by atoms with Crippen molar-refractivity contribution in [3.05, 3.63) is 39.4 Å². The zero-order valence-electron chi connectivity index (χ0n) is 11.9. The van der Waals surface area contributed by atoms with Gasteiger partial charge in [0, 0.05) is 18.2 Å². The molecule has 2 aromatic rings. The monoisotopic (exact) mass is 306 g/mol. The number of hydrogen-bond donors (Lipinski definition) is 0. The Balaban J connectivity index is 2.22. The van der Waals surface area contributed by atoms with Gasteiger partial charge in [-0.3, -0.25) is 4.57 Å². The van der Waals surface area contributed by atoms with Crippen molar-refractivity contribution in [2.75, 3.05) is 13.7 Å². The van der Waals surface area contributed by atoms with Crippen LogP contribution in [0.4, 0.5) is 0 Å². The third kappa shape index (κ3) is 2.38. The molecule has 0 N–H and O–H groups in total. The average molecular weight is 307 g/mol. The summed E-state index contributed by atoms with van der Waals surface area (Å²) < 4.78 is 12.6. The van der Waals surface area contributed by atoms with Crippen LogP contribution in [0.5, 0.6) is 11.5 Å². The Morgan fingerprint density at radius 2 is 2.14 bits per heavy atom. The molecule has 21 heavy (non-hydrogen) atoms. The van der Waals surface area contributed by atoms with Crippen LogP contribution >= 0.6 is 11.6 Å². The first kappa shape index (κ1) is 13.9. The minimum Gasteiger partial charge on any atom is -0.493 e. The molecule has 0 amide bonds. The maximum absolute atomic E-state index is 11.9. The molecule has 0 atom stereocenters. The van der Waals surface area contributed by atoms with Crippen molar-refractivity contribution >= 4 is 11.6 Å². The van der Waals surface area contributed by atoms with E-state index in [0.717, 1.165) is 29.0 Å². The fraction of sp³-hybridized carbons (Fsp3) is 0.333. The van der Waals surface area contributed by atoms with E-state index in [4.69, 9.17) is 21.1 Å². The fourth-order valence-corrected chi connectivity index (χ4v) is 2.80. The molecule has 1 aromatic carbocycles. The van der Waals surface area contributed by atoms with Gasteiger partial charge >= 0.3 is 5.69 Å². The zero-order chi connectivity index (χ0) is 15.0. The Morgan fingerprint density at radius 3 is 2.86 bits per heavy atom. The lowest BCUT2D eigenvalue weighted by Gasteiger charge is -2.23. The summed E-state index contributed by atoms with van der Waals surface area (Å²) in [5, 5.41) is 0.201. The molecular weight excluding hydrogens is 292 g/mol. The summed E-state index contributed by atoms with van der Waals surface area (Å²) in [6, 6.07) is 5.57. The van der Waals surface area contributed by atoms with Crippen LogP contribution < -0.4 is 15.2 Å². The minimum atomic E-state index is -0.323. The van der Waals surface area contributed by atoms with Crippen LogP contribution in [-0.4, -0.2) is 23.3 Å². The van der Waals surface area contributed by atoms with E-state index < -0.39 is 0 Å². The average Bonchev–Trinajstić information content (AvgIpc) is 2.46. The van der Waals surface area contributed by atoms with Gasteiger partial charge in [-0.05, 0) is 31.0 Å². The molecule has 2 heterocycles. The minimum absolute atomic E-state index is 0.201. The van der Waals surface area contributed by atoms with E-state index in [-0.39, 0.29) is 10.8 Å². The molecule has 0 aliphatic carbocycles. The van der Waals surface area contributed by atoms with Crippen LogP contribution in [0.25, 0.3) is 11.3 Å².